The Morgan fingerprint density at radius 2 is 2.14 bits per heavy atom. The summed E-state index contributed by atoms with van der Waals surface area (Å²) in [6.07, 6.45) is 9.35. The number of unbranched alkanes of at least 4 members (excludes halogenated alkanes) is 2. The minimum absolute atomic E-state index is 0.0783. The Labute approximate surface area is 122 Å². The third-order valence-corrected chi connectivity index (χ3v) is 3.21. The molecule has 0 aliphatic rings. The number of aromatic hydroxyl groups is 1. The van der Waals surface area contributed by atoms with E-state index in [9.17, 15) is 14.5 Å². The van der Waals surface area contributed by atoms with E-state index in [4.69, 9.17) is 16.2 Å². The van der Waals surface area contributed by atoms with E-state index in [1.807, 2.05) is 0 Å². The number of aldehydes is 1. The van der Waals surface area contributed by atoms with Gasteiger partial charge in [0.2, 0.25) is 0 Å². The maximum atomic E-state index is 11.0. The SMILES string of the molecule is C#CCCCCc1ncc(COP(=O)(O)O)c(C=O)c1O. The second-order valence-electron chi connectivity index (χ2n) is 4.29. The van der Waals surface area contributed by atoms with Gasteiger partial charge in [0.1, 0.15) is 5.75 Å². The summed E-state index contributed by atoms with van der Waals surface area (Å²) in [6.45, 7) is -0.518. The standard InChI is InChI=1S/C13H16NO6P/c1-2-3-4-5-6-12-13(16)11(8-15)10(7-14-12)9-20-21(17,18)19/h1,7-8,16H,3-6,9H2,(H2,17,18,19). The monoisotopic (exact) mass is 313 g/mol. The lowest BCUT2D eigenvalue weighted by Gasteiger charge is -2.11. The molecule has 0 radical (unpaired) electrons. The third-order valence-electron chi connectivity index (χ3n) is 2.74. The molecule has 1 aromatic heterocycles. The topological polar surface area (TPSA) is 117 Å². The summed E-state index contributed by atoms with van der Waals surface area (Å²) in [7, 11) is -4.66. The number of nitrogens with zero attached hydrogens (tertiary/aromatic N) is 1. The quantitative estimate of drug-likeness (QED) is 0.288. The summed E-state index contributed by atoms with van der Waals surface area (Å²) in [5, 5.41) is 9.97. The smallest absolute Gasteiger partial charge is 0.469 e. The van der Waals surface area contributed by atoms with Crippen molar-refractivity contribution in [2.24, 2.45) is 0 Å². The van der Waals surface area contributed by atoms with Gasteiger partial charge in [-0.15, -0.1) is 12.3 Å². The molecule has 0 bridgehead atoms. The summed E-state index contributed by atoms with van der Waals surface area (Å²) in [5.74, 6) is 2.21. The number of aromatic nitrogens is 1. The van der Waals surface area contributed by atoms with Gasteiger partial charge in [-0.05, 0) is 19.3 Å². The van der Waals surface area contributed by atoms with Crippen LogP contribution in [0.15, 0.2) is 6.20 Å². The van der Waals surface area contributed by atoms with Crippen molar-refractivity contribution in [3.63, 3.8) is 0 Å². The van der Waals surface area contributed by atoms with E-state index in [0.717, 1.165) is 6.42 Å². The van der Waals surface area contributed by atoms with Gasteiger partial charge in [-0.2, -0.15) is 0 Å². The lowest BCUT2D eigenvalue weighted by molar-refractivity contribution is 0.111. The van der Waals surface area contributed by atoms with Crippen molar-refractivity contribution in [1.82, 2.24) is 4.98 Å². The number of rotatable bonds is 8. The summed E-state index contributed by atoms with van der Waals surface area (Å²) < 4.78 is 14.9. The molecule has 0 unspecified atom stereocenters. The first-order chi connectivity index (χ1) is 9.89. The van der Waals surface area contributed by atoms with Gasteiger partial charge in [-0.25, -0.2) is 4.57 Å². The van der Waals surface area contributed by atoms with Crippen LogP contribution in [0, 0.1) is 12.3 Å². The second-order valence-corrected chi connectivity index (χ2v) is 5.52. The number of phosphoric ester groups is 1. The van der Waals surface area contributed by atoms with Gasteiger partial charge in [0.25, 0.3) is 0 Å². The van der Waals surface area contributed by atoms with Gasteiger partial charge in [-0.1, -0.05) is 0 Å². The predicted molar refractivity (Wildman–Crippen MR) is 74.5 cm³/mol. The first-order valence-corrected chi connectivity index (χ1v) is 7.70. The van der Waals surface area contributed by atoms with Crippen molar-refractivity contribution in [1.29, 1.82) is 0 Å². The molecule has 8 heteroatoms. The average Bonchev–Trinajstić information content (AvgIpc) is 2.42. The molecule has 114 valence electrons. The van der Waals surface area contributed by atoms with E-state index in [1.54, 1.807) is 0 Å². The van der Waals surface area contributed by atoms with E-state index in [0.29, 0.717) is 31.2 Å². The van der Waals surface area contributed by atoms with Crippen molar-refractivity contribution < 1.29 is 28.8 Å². The van der Waals surface area contributed by atoms with Crippen LogP contribution in [0.4, 0.5) is 0 Å². The molecule has 0 fully saturated rings. The first kappa shape index (κ1) is 17.3. The maximum Gasteiger partial charge on any atom is 0.469 e. The molecular formula is C13H16NO6P. The highest BCUT2D eigenvalue weighted by molar-refractivity contribution is 7.46. The summed E-state index contributed by atoms with van der Waals surface area (Å²) in [5.41, 5.74) is 0.373. The maximum absolute atomic E-state index is 11.0. The summed E-state index contributed by atoms with van der Waals surface area (Å²) in [6, 6.07) is 0. The van der Waals surface area contributed by atoms with E-state index in [-0.39, 0.29) is 16.9 Å². The van der Waals surface area contributed by atoms with Crippen LogP contribution in [-0.4, -0.2) is 26.2 Å². The van der Waals surface area contributed by atoms with Crippen LogP contribution >= 0.6 is 7.82 Å². The molecule has 7 nitrogen and oxygen atoms in total. The second kappa shape index (κ2) is 7.91. The highest BCUT2D eigenvalue weighted by atomic mass is 31.2. The Bertz CT molecular complexity index is 589. The molecule has 0 amide bonds. The van der Waals surface area contributed by atoms with Crippen molar-refractivity contribution in [3.05, 3.63) is 23.0 Å². The number of pyridine rings is 1. The van der Waals surface area contributed by atoms with Crippen LogP contribution in [0.5, 0.6) is 5.75 Å². The third kappa shape index (κ3) is 5.66. The Morgan fingerprint density at radius 3 is 2.71 bits per heavy atom. The molecule has 3 N–H and O–H groups in total. The fourth-order valence-electron chi connectivity index (χ4n) is 1.70. The van der Waals surface area contributed by atoms with Gasteiger partial charge >= 0.3 is 7.82 Å². The van der Waals surface area contributed by atoms with Crippen LogP contribution in [0.25, 0.3) is 0 Å². The van der Waals surface area contributed by atoms with E-state index < -0.39 is 14.4 Å². The molecule has 1 aromatic rings. The minimum atomic E-state index is -4.66. The summed E-state index contributed by atoms with van der Waals surface area (Å²) >= 11 is 0. The zero-order chi connectivity index (χ0) is 15.9. The molecule has 0 aliphatic carbocycles. The molecule has 0 atom stereocenters. The number of carbonyl (C=O) groups excluding carboxylic acids is 1. The largest absolute Gasteiger partial charge is 0.505 e. The highest BCUT2D eigenvalue weighted by Gasteiger charge is 2.18. The van der Waals surface area contributed by atoms with Gasteiger partial charge in [0.15, 0.2) is 6.29 Å². The van der Waals surface area contributed by atoms with E-state index >= 15 is 0 Å². The molecule has 0 saturated carbocycles. The lowest BCUT2D eigenvalue weighted by Crippen LogP contribution is -2.02. The van der Waals surface area contributed by atoms with Crippen LogP contribution in [0.3, 0.4) is 0 Å². The number of aryl methyl sites for hydroxylation is 1. The number of hydrogen-bond acceptors (Lipinski definition) is 5. The minimum Gasteiger partial charge on any atom is -0.505 e. The molecule has 0 aliphatic heterocycles. The van der Waals surface area contributed by atoms with E-state index in [1.165, 1.54) is 6.20 Å². The fraction of sp³-hybridized carbons (Fsp3) is 0.385. The van der Waals surface area contributed by atoms with Gasteiger partial charge in [0.05, 0.1) is 17.9 Å². The normalized spacial score (nSPS) is 11.1. The number of hydrogen-bond donors (Lipinski definition) is 3. The number of carbonyl (C=O) groups is 1. The molecule has 21 heavy (non-hydrogen) atoms. The Balaban J connectivity index is 2.85. The molecule has 0 spiro atoms. The lowest BCUT2D eigenvalue weighted by atomic mass is 10.1. The van der Waals surface area contributed by atoms with Gasteiger partial charge < -0.3 is 14.9 Å². The van der Waals surface area contributed by atoms with Crippen molar-refractivity contribution >= 4 is 14.1 Å². The van der Waals surface area contributed by atoms with Gasteiger partial charge in [0, 0.05) is 18.2 Å². The zero-order valence-electron chi connectivity index (χ0n) is 11.2. The summed E-state index contributed by atoms with van der Waals surface area (Å²) in [4.78, 5) is 32.3. The predicted octanol–water partition coefficient (Wildman–Crippen LogP) is 1.55. The van der Waals surface area contributed by atoms with Crippen molar-refractivity contribution in [3.8, 4) is 18.1 Å². The fourth-order valence-corrected chi connectivity index (χ4v) is 2.00. The van der Waals surface area contributed by atoms with Crippen LogP contribution in [0.2, 0.25) is 0 Å². The van der Waals surface area contributed by atoms with Crippen LogP contribution in [0.1, 0.15) is 40.9 Å². The van der Waals surface area contributed by atoms with Crippen molar-refractivity contribution in [2.75, 3.05) is 0 Å². The number of terminal acetylenes is 1. The molecule has 0 saturated heterocycles. The van der Waals surface area contributed by atoms with E-state index in [2.05, 4.69) is 15.4 Å². The number of phosphoric acid groups is 1. The Hall–Kier alpha value is -1.71. The Morgan fingerprint density at radius 1 is 1.43 bits per heavy atom. The zero-order valence-corrected chi connectivity index (χ0v) is 12.1. The van der Waals surface area contributed by atoms with Crippen LogP contribution in [-0.2, 0) is 22.1 Å². The van der Waals surface area contributed by atoms with Crippen LogP contribution < -0.4 is 0 Å². The molecule has 1 heterocycles. The first-order valence-electron chi connectivity index (χ1n) is 6.17. The molecular weight excluding hydrogens is 297 g/mol. The van der Waals surface area contributed by atoms with Crippen molar-refractivity contribution in [2.45, 2.75) is 32.3 Å². The van der Waals surface area contributed by atoms with Gasteiger partial charge in [-0.3, -0.25) is 14.3 Å². The Kier molecular flexibility index (Phi) is 6.53. The average molecular weight is 313 g/mol. The highest BCUT2D eigenvalue weighted by Crippen LogP contribution is 2.37. The molecule has 0 aromatic carbocycles. The molecule has 1 rings (SSSR count).